The lowest BCUT2D eigenvalue weighted by atomic mass is 9.84. The third kappa shape index (κ3) is 2.99. The van der Waals surface area contributed by atoms with Gasteiger partial charge in [-0.3, -0.25) is 0 Å². The molecule has 0 aliphatic carbocycles. The van der Waals surface area contributed by atoms with Crippen LogP contribution in [0.3, 0.4) is 0 Å². The van der Waals surface area contributed by atoms with E-state index in [-0.39, 0.29) is 0 Å². The quantitative estimate of drug-likeness (QED) is 0.876. The predicted octanol–water partition coefficient (Wildman–Crippen LogP) is 2.02. The van der Waals surface area contributed by atoms with Crippen molar-refractivity contribution < 1.29 is 4.74 Å². The average Bonchev–Trinajstić information content (AvgIpc) is 2.48. The van der Waals surface area contributed by atoms with Crippen molar-refractivity contribution in [2.24, 2.45) is 5.92 Å². The van der Waals surface area contributed by atoms with E-state index in [4.69, 9.17) is 4.74 Å². The Labute approximate surface area is 115 Å². The maximum Gasteiger partial charge on any atom is 0.0716 e. The fraction of sp³-hybridized carbons (Fsp3) is 0.625. The summed E-state index contributed by atoms with van der Waals surface area (Å²) in [6.07, 6.45) is 2.74. The van der Waals surface area contributed by atoms with Gasteiger partial charge in [-0.15, -0.1) is 0 Å². The number of ether oxygens (including phenoxy) is 1. The summed E-state index contributed by atoms with van der Waals surface area (Å²) in [5, 5.41) is 3.77. The van der Waals surface area contributed by atoms with Crippen molar-refractivity contribution in [3.05, 3.63) is 35.4 Å². The maximum absolute atomic E-state index is 5.27. The molecule has 1 N–H and O–H groups in total. The van der Waals surface area contributed by atoms with E-state index in [2.05, 4.69) is 34.5 Å². The summed E-state index contributed by atoms with van der Waals surface area (Å²) in [7, 11) is 1.76. The molecular weight excluding hydrogens is 236 g/mol. The van der Waals surface area contributed by atoms with Crippen LogP contribution in [0, 0.1) is 5.92 Å². The molecule has 3 heterocycles. The summed E-state index contributed by atoms with van der Waals surface area (Å²) in [6, 6.07) is 9.26. The van der Waals surface area contributed by atoms with Crippen molar-refractivity contribution in [1.29, 1.82) is 0 Å². The van der Waals surface area contributed by atoms with Gasteiger partial charge in [-0.25, -0.2) is 0 Å². The summed E-state index contributed by atoms with van der Waals surface area (Å²) >= 11 is 0. The maximum atomic E-state index is 5.27. The topological polar surface area (TPSA) is 24.5 Å². The molecule has 0 spiro atoms. The van der Waals surface area contributed by atoms with Crippen LogP contribution in [0.15, 0.2) is 24.3 Å². The van der Waals surface area contributed by atoms with Gasteiger partial charge in [-0.05, 0) is 43.0 Å². The number of piperidine rings is 3. The molecule has 1 unspecified atom stereocenters. The minimum Gasteiger partial charge on any atom is -0.380 e. The van der Waals surface area contributed by atoms with E-state index in [1.807, 2.05) is 0 Å². The van der Waals surface area contributed by atoms with Crippen molar-refractivity contribution in [3.8, 4) is 0 Å². The first-order valence-corrected chi connectivity index (χ1v) is 7.38. The van der Waals surface area contributed by atoms with E-state index in [0.29, 0.717) is 12.6 Å². The lowest BCUT2D eigenvalue weighted by Crippen LogP contribution is -2.55. The van der Waals surface area contributed by atoms with Crippen molar-refractivity contribution >= 4 is 0 Å². The van der Waals surface area contributed by atoms with Gasteiger partial charge < -0.3 is 15.0 Å². The zero-order valence-electron chi connectivity index (χ0n) is 11.8. The standard InChI is InChI=1S/C16H24N2O/c1-19-12-15-5-3-2-4-14(15)10-17-16-11-18-8-6-13(16)7-9-18/h2-5,13,16-17H,6-12H2,1H3. The number of fused-ring (bicyclic) bond motifs is 3. The molecule has 3 saturated heterocycles. The Balaban J connectivity index is 1.60. The molecule has 1 aromatic carbocycles. The summed E-state index contributed by atoms with van der Waals surface area (Å²) in [5.74, 6) is 0.889. The second kappa shape index (κ2) is 6.04. The van der Waals surface area contributed by atoms with Crippen molar-refractivity contribution in [3.63, 3.8) is 0 Å². The van der Waals surface area contributed by atoms with Crippen LogP contribution >= 0.6 is 0 Å². The lowest BCUT2D eigenvalue weighted by molar-refractivity contribution is 0.0719. The van der Waals surface area contributed by atoms with E-state index in [1.165, 1.54) is 43.6 Å². The molecule has 1 atom stereocenters. The van der Waals surface area contributed by atoms with Gasteiger partial charge in [0.1, 0.15) is 0 Å². The van der Waals surface area contributed by atoms with Gasteiger partial charge in [0.05, 0.1) is 6.61 Å². The van der Waals surface area contributed by atoms with Crippen LogP contribution in [-0.2, 0) is 17.9 Å². The summed E-state index contributed by atoms with van der Waals surface area (Å²) in [4.78, 5) is 2.60. The predicted molar refractivity (Wildman–Crippen MR) is 76.9 cm³/mol. The van der Waals surface area contributed by atoms with Gasteiger partial charge in [0.15, 0.2) is 0 Å². The van der Waals surface area contributed by atoms with Crippen LogP contribution in [0.25, 0.3) is 0 Å². The molecule has 0 amide bonds. The number of hydrogen-bond donors (Lipinski definition) is 1. The second-order valence-corrected chi connectivity index (χ2v) is 5.83. The molecule has 3 aliphatic heterocycles. The molecule has 4 rings (SSSR count). The Morgan fingerprint density at radius 2 is 1.95 bits per heavy atom. The molecule has 3 fully saturated rings. The van der Waals surface area contributed by atoms with Crippen LogP contribution in [0.5, 0.6) is 0 Å². The third-order valence-electron chi connectivity index (χ3n) is 4.63. The molecule has 3 aliphatic rings. The van der Waals surface area contributed by atoms with Crippen molar-refractivity contribution in [2.45, 2.75) is 32.0 Å². The number of nitrogens with zero attached hydrogens (tertiary/aromatic N) is 1. The van der Waals surface area contributed by atoms with E-state index in [1.54, 1.807) is 7.11 Å². The third-order valence-corrected chi connectivity index (χ3v) is 4.63. The van der Waals surface area contributed by atoms with E-state index >= 15 is 0 Å². The summed E-state index contributed by atoms with van der Waals surface area (Å²) < 4.78 is 5.27. The van der Waals surface area contributed by atoms with Gasteiger partial charge >= 0.3 is 0 Å². The number of nitrogens with one attached hydrogen (secondary N) is 1. The van der Waals surface area contributed by atoms with E-state index in [9.17, 15) is 0 Å². The zero-order chi connectivity index (χ0) is 13.1. The van der Waals surface area contributed by atoms with Crippen LogP contribution in [0.1, 0.15) is 24.0 Å². The molecule has 1 aromatic rings. The van der Waals surface area contributed by atoms with E-state index in [0.717, 1.165) is 12.5 Å². The van der Waals surface area contributed by atoms with Gasteiger partial charge in [0, 0.05) is 26.2 Å². The molecule has 3 nitrogen and oxygen atoms in total. The minimum atomic E-state index is 0.679. The van der Waals surface area contributed by atoms with Crippen LogP contribution in [-0.4, -0.2) is 37.7 Å². The highest BCUT2D eigenvalue weighted by atomic mass is 16.5. The molecule has 2 bridgehead atoms. The first-order chi connectivity index (χ1) is 9.36. The van der Waals surface area contributed by atoms with Gasteiger partial charge in [0.2, 0.25) is 0 Å². The largest absolute Gasteiger partial charge is 0.380 e. The second-order valence-electron chi connectivity index (χ2n) is 5.83. The summed E-state index contributed by atoms with van der Waals surface area (Å²) in [6.45, 7) is 5.52. The normalized spacial score (nSPS) is 29.6. The van der Waals surface area contributed by atoms with Gasteiger partial charge in [-0.2, -0.15) is 0 Å². The van der Waals surface area contributed by atoms with Crippen LogP contribution in [0.4, 0.5) is 0 Å². The molecule has 0 saturated carbocycles. The Bertz CT molecular complexity index is 413. The SMILES string of the molecule is COCc1ccccc1CNC1CN2CCC1CC2. The Kier molecular flexibility index (Phi) is 4.16. The summed E-state index contributed by atoms with van der Waals surface area (Å²) in [5.41, 5.74) is 2.68. The number of benzene rings is 1. The first-order valence-electron chi connectivity index (χ1n) is 7.38. The fourth-order valence-electron chi connectivity index (χ4n) is 3.46. The van der Waals surface area contributed by atoms with Crippen molar-refractivity contribution in [2.75, 3.05) is 26.7 Å². The Hall–Kier alpha value is -0.900. The molecular formula is C16H24N2O. The highest BCUT2D eigenvalue weighted by Gasteiger charge is 2.33. The molecule has 104 valence electrons. The minimum absolute atomic E-state index is 0.679. The number of hydrogen-bond acceptors (Lipinski definition) is 3. The molecule has 0 aromatic heterocycles. The Morgan fingerprint density at radius 1 is 1.21 bits per heavy atom. The van der Waals surface area contributed by atoms with Crippen molar-refractivity contribution in [1.82, 2.24) is 10.2 Å². The monoisotopic (exact) mass is 260 g/mol. The number of rotatable bonds is 5. The fourth-order valence-corrected chi connectivity index (χ4v) is 3.46. The van der Waals surface area contributed by atoms with Crippen LogP contribution < -0.4 is 5.32 Å². The molecule has 19 heavy (non-hydrogen) atoms. The van der Waals surface area contributed by atoms with Crippen LogP contribution in [0.2, 0.25) is 0 Å². The number of methoxy groups -OCH3 is 1. The zero-order valence-corrected chi connectivity index (χ0v) is 11.8. The lowest BCUT2D eigenvalue weighted by Gasteiger charge is -2.45. The smallest absolute Gasteiger partial charge is 0.0716 e. The highest BCUT2D eigenvalue weighted by Crippen LogP contribution is 2.27. The Morgan fingerprint density at radius 3 is 2.58 bits per heavy atom. The molecule has 3 heteroatoms. The van der Waals surface area contributed by atoms with E-state index < -0.39 is 0 Å². The highest BCUT2D eigenvalue weighted by molar-refractivity contribution is 5.26. The molecule has 0 radical (unpaired) electrons. The first kappa shape index (κ1) is 13.1. The average molecular weight is 260 g/mol. The van der Waals surface area contributed by atoms with Gasteiger partial charge in [0.25, 0.3) is 0 Å². The van der Waals surface area contributed by atoms with Gasteiger partial charge in [-0.1, -0.05) is 24.3 Å².